The molecule has 0 spiro atoms. The topological polar surface area (TPSA) is 172 Å². The van der Waals surface area contributed by atoms with Crippen molar-refractivity contribution in [2.75, 3.05) is 18.9 Å². The van der Waals surface area contributed by atoms with Gasteiger partial charge in [-0.2, -0.15) is 0 Å². The van der Waals surface area contributed by atoms with Crippen molar-refractivity contribution in [1.82, 2.24) is 29.8 Å². The summed E-state index contributed by atoms with van der Waals surface area (Å²) in [5, 5.41) is 23.1. The lowest BCUT2D eigenvalue weighted by molar-refractivity contribution is -0.123. The van der Waals surface area contributed by atoms with Gasteiger partial charge < -0.3 is 20.8 Å². The number of aromatic nitrogens is 5. The first-order valence-electron chi connectivity index (χ1n) is 9.60. The molecule has 1 amide bonds. The van der Waals surface area contributed by atoms with Gasteiger partial charge in [-0.1, -0.05) is 11.6 Å². The summed E-state index contributed by atoms with van der Waals surface area (Å²) >= 11 is 6.02. The van der Waals surface area contributed by atoms with Gasteiger partial charge in [-0.3, -0.25) is 14.3 Å². The van der Waals surface area contributed by atoms with Crippen LogP contribution in [0.4, 0.5) is 5.82 Å². The molecule has 0 aliphatic carbocycles. The molecule has 14 heteroatoms. The Labute approximate surface area is 187 Å². The number of hydrogen-bond donors (Lipinski definition) is 4. The first-order valence-corrected chi connectivity index (χ1v) is 11.6. The zero-order valence-electron chi connectivity index (χ0n) is 17.0. The molecule has 3 aromatic heterocycles. The summed E-state index contributed by atoms with van der Waals surface area (Å²) in [6.45, 7) is 1.79. The third kappa shape index (κ3) is 3.46. The highest BCUT2D eigenvalue weighted by atomic mass is 35.5. The zero-order valence-corrected chi connectivity index (χ0v) is 18.5. The van der Waals surface area contributed by atoms with Crippen molar-refractivity contribution in [1.29, 1.82) is 0 Å². The minimum atomic E-state index is -4.37. The Bertz CT molecular complexity index is 1300. The molecule has 0 aromatic carbocycles. The second-order valence-corrected chi connectivity index (χ2v) is 9.74. The van der Waals surface area contributed by atoms with Crippen molar-refractivity contribution in [3.05, 3.63) is 29.8 Å². The molecule has 0 bridgehead atoms. The number of carbonyl (C=O) groups is 1. The van der Waals surface area contributed by atoms with E-state index in [2.05, 4.69) is 30.6 Å². The Morgan fingerprint density at radius 1 is 1.25 bits per heavy atom. The van der Waals surface area contributed by atoms with Crippen LogP contribution in [0.1, 0.15) is 12.3 Å². The number of amides is 1. The number of pyridine rings is 1. The number of halogens is 1. The maximum atomic E-state index is 13.2. The van der Waals surface area contributed by atoms with Crippen molar-refractivity contribution < 1.29 is 23.4 Å². The fourth-order valence-corrected chi connectivity index (χ4v) is 6.16. The van der Waals surface area contributed by atoms with Gasteiger partial charge in [-0.05, 0) is 13.0 Å². The number of nitrogens with zero attached hydrogens (tertiary/aromatic N) is 5. The Hall–Kier alpha value is -2.87. The van der Waals surface area contributed by atoms with Crippen LogP contribution in [-0.2, 0) is 14.6 Å². The van der Waals surface area contributed by atoms with Gasteiger partial charge >= 0.3 is 0 Å². The number of aliphatic hydroxyl groups excluding tert-OH is 2. The highest BCUT2D eigenvalue weighted by molar-refractivity contribution is 7.93. The molecule has 170 valence electrons. The van der Waals surface area contributed by atoms with E-state index < -0.39 is 38.6 Å². The van der Waals surface area contributed by atoms with Crippen LogP contribution in [0.2, 0.25) is 5.02 Å². The molecule has 4 heterocycles. The fourth-order valence-electron chi connectivity index (χ4n) is 3.73. The molecule has 4 N–H and O–H groups in total. The predicted octanol–water partition coefficient (Wildman–Crippen LogP) is -0.263. The minimum absolute atomic E-state index is 0.0794. The van der Waals surface area contributed by atoms with Gasteiger partial charge in [-0.15, -0.1) is 0 Å². The van der Waals surface area contributed by atoms with Gasteiger partial charge in [0.05, 0.1) is 11.3 Å². The average Bonchev–Trinajstić information content (AvgIpc) is 3.23. The number of imidazole rings is 1. The zero-order chi connectivity index (χ0) is 23.2. The largest absolute Gasteiger partial charge is 0.388 e. The van der Waals surface area contributed by atoms with Gasteiger partial charge in [0.25, 0.3) is 0 Å². The van der Waals surface area contributed by atoms with Crippen molar-refractivity contribution in [3.63, 3.8) is 0 Å². The number of fused-ring (bicyclic) bond motifs is 1. The summed E-state index contributed by atoms with van der Waals surface area (Å²) in [4.78, 5) is 29.3. The fraction of sp³-hybridized carbons (Fsp3) is 0.389. The van der Waals surface area contributed by atoms with Crippen molar-refractivity contribution >= 4 is 44.3 Å². The predicted molar refractivity (Wildman–Crippen MR) is 116 cm³/mol. The van der Waals surface area contributed by atoms with Crippen molar-refractivity contribution in [2.45, 2.75) is 29.8 Å². The van der Waals surface area contributed by atoms with Crippen LogP contribution in [0.3, 0.4) is 0 Å². The first kappa shape index (κ1) is 22.3. The average molecular weight is 482 g/mol. The maximum Gasteiger partial charge on any atom is 0.241 e. The normalized spacial score (nSPS) is 24.5. The minimum Gasteiger partial charge on any atom is -0.388 e. The van der Waals surface area contributed by atoms with E-state index in [9.17, 15) is 23.4 Å². The summed E-state index contributed by atoms with van der Waals surface area (Å²) in [6.07, 6.45) is 0.504. The molecule has 0 radical (unpaired) electrons. The molecule has 0 saturated carbocycles. The summed E-state index contributed by atoms with van der Waals surface area (Å²) in [5.74, 6) is -0.402. The highest BCUT2D eigenvalue weighted by Crippen LogP contribution is 2.38. The van der Waals surface area contributed by atoms with Crippen molar-refractivity contribution in [2.24, 2.45) is 0 Å². The lowest BCUT2D eigenvalue weighted by Crippen LogP contribution is -2.44. The molecule has 12 nitrogen and oxygen atoms in total. The van der Waals surface area contributed by atoms with Crippen LogP contribution in [0.5, 0.6) is 0 Å². The smallest absolute Gasteiger partial charge is 0.241 e. The second kappa shape index (κ2) is 8.24. The van der Waals surface area contributed by atoms with E-state index in [0.29, 0.717) is 16.4 Å². The monoisotopic (exact) mass is 481 g/mol. The van der Waals surface area contributed by atoms with E-state index in [1.165, 1.54) is 18.7 Å². The first-order chi connectivity index (χ1) is 15.2. The Balaban J connectivity index is 1.90. The quantitative estimate of drug-likeness (QED) is 0.380. The molecule has 1 aliphatic heterocycles. The third-order valence-corrected chi connectivity index (χ3v) is 7.73. The van der Waals surface area contributed by atoms with Gasteiger partial charge in [0.15, 0.2) is 43.3 Å². The number of aliphatic hydroxyl groups is 2. The summed E-state index contributed by atoms with van der Waals surface area (Å²) < 4.78 is 27.5. The van der Waals surface area contributed by atoms with E-state index in [1.54, 1.807) is 20.0 Å². The van der Waals surface area contributed by atoms with Crippen LogP contribution in [0.15, 0.2) is 24.8 Å². The van der Waals surface area contributed by atoms with Gasteiger partial charge in [-0.25, -0.2) is 23.4 Å². The van der Waals surface area contributed by atoms with E-state index in [4.69, 9.17) is 11.6 Å². The molecule has 32 heavy (non-hydrogen) atoms. The highest BCUT2D eigenvalue weighted by Gasteiger charge is 2.58. The van der Waals surface area contributed by atoms with Gasteiger partial charge in [0.2, 0.25) is 5.91 Å². The molecule has 1 fully saturated rings. The molecule has 4 atom stereocenters. The lowest BCUT2D eigenvalue weighted by atomic mass is 10.1. The van der Waals surface area contributed by atoms with Crippen LogP contribution >= 0.6 is 11.6 Å². The summed E-state index contributed by atoms with van der Waals surface area (Å²) in [6, 6.07) is 1.59. The Morgan fingerprint density at radius 2 is 2.00 bits per heavy atom. The summed E-state index contributed by atoms with van der Waals surface area (Å²) in [5.41, 5.74) is 0.791. The van der Waals surface area contributed by atoms with Crippen LogP contribution < -0.4 is 10.6 Å². The lowest BCUT2D eigenvalue weighted by Gasteiger charge is -2.17. The van der Waals surface area contributed by atoms with E-state index in [0.717, 1.165) is 4.57 Å². The number of sulfone groups is 1. The number of anilines is 1. The second-order valence-electron chi connectivity index (χ2n) is 7.14. The van der Waals surface area contributed by atoms with Gasteiger partial charge in [0.1, 0.15) is 12.2 Å². The maximum absolute atomic E-state index is 13.2. The number of nitrogens with one attached hydrogen (secondary N) is 2. The van der Waals surface area contributed by atoms with Crippen LogP contribution in [-0.4, -0.2) is 80.1 Å². The molecule has 1 saturated heterocycles. The van der Waals surface area contributed by atoms with Crippen LogP contribution in [0.25, 0.3) is 22.6 Å². The molecule has 1 aliphatic rings. The Kier molecular flexibility index (Phi) is 5.75. The number of carbonyl (C=O) groups excluding carboxylic acids is 1. The third-order valence-electron chi connectivity index (χ3n) is 5.15. The van der Waals surface area contributed by atoms with Gasteiger partial charge in [0, 0.05) is 31.5 Å². The number of rotatable bonds is 5. The van der Waals surface area contributed by atoms with Crippen molar-refractivity contribution in [3.8, 4) is 11.4 Å². The van der Waals surface area contributed by atoms with Crippen LogP contribution in [0, 0.1) is 0 Å². The molecular formula is C18H20ClN7O5S. The van der Waals surface area contributed by atoms with E-state index in [-0.39, 0.29) is 23.5 Å². The van der Waals surface area contributed by atoms with E-state index in [1.807, 2.05) is 0 Å². The summed E-state index contributed by atoms with van der Waals surface area (Å²) in [7, 11) is -2.76. The molecule has 4 rings (SSSR count). The molecule has 0 unspecified atom stereocenters. The standard InChI is InChI=1S/C18H20ClN7O5S/c1-3-22-17(29)13-11(27)12(28)18(32(13,30)31)26-7-23-10-15(20-2)24-14(25-16(10)26)8-4-9(19)6-21-5-8/h4-7,11-13,18,27-28H,3H2,1-2H3,(H,22,29)(H,20,24,25)/t11-,12+,13-,18+/m0/s1. The molecular weight excluding hydrogens is 462 g/mol. The molecule has 3 aromatic rings. The number of hydrogen-bond acceptors (Lipinski definition) is 10. The SMILES string of the molecule is CCNC(=O)[C@@H]1[C@@H](O)[C@@H](O)[C@H](n2cnc3c(NC)nc(-c4cncc(Cl)c4)nc32)S1(=O)=O. The van der Waals surface area contributed by atoms with E-state index >= 15 is 0 Å². The Morgan fingerprint density at radius 3 is 2.66 bits per heavy atom.